The second-order valence-corrected chi connectivity index (χ2v) is 3.74. The number of hydrogen-bond donors (Lipinski definition) is 3. The van der Waals surface area contributed by atoms with E-state index in [-0.39, 0.29) is 11.6 Å². The number of rotatable bonds is 2. The van der Waals surface area contributed by atoms with Gasteiger partial charge in [-0.25, -0.2) is 0 Å². The Kier molecular flexibility index (Phi) is 2.78. The fraction of sp³-hybridized carbons (Fsp3) is 0.182. The van der Waals surface area contributed by atoms with Crippen LogP contribution in [0.25, 0.3) is 0 Å². The molecule has 2 aromatic rings. The molecular weight excluding hydrogens is 218 g/mol. The summed E-state index contributed by atoms with van der Waals surface area (Å²) in [6, 6.07) is 3.64. The number of hydrogen-bond acceptors (Lipinski definition) is 4. The van der Waals surface area contributed by atoms with Gasteiger partial charge in [-0.1, -0.05) is 0 Å². The molecule has 4 N–H and O–H groups in total. The molecule has 0 aliphatic heterocycles. The van der Waals surface area contributed by atoms with Crippen molar-refractivity contribution in [1.82, 2.24) is 15.2 Å². The van der Waals surface area contributed by atoms with E-state index in [4.69, 9.17) is 5.73 Å². The van der Waals surface area contributed by atoms with Gasteiger partial charge < -0.3 is 11.1 Å². The highest BCUT2D eigenvalue weighted by Gasteiger charge is 2.13. The van der Waals surface area contributed by atoms with Gasteiger partial charge in [-0.05, 0) is 26.0 Å². The monoisotopic (exact) mass is 231 g/mol. The quantitative estimate of drug-likeness (QED) is 0.724. The summed E-state index contributed by atoms with van der Waals surface area (Å²) in [5.74, 6) is -0.325. The summed E-state index contributed by atoms with van der Waals surface area (Å²) < 4.78 is 0. The molecule has 0 aliphatic carbocycles. The van der Waals surface area contributed by atoms with Crippen LogP contribution in [0.1, 0.15) is 21.9 Å². The molecule has 0 unspecified atom stereocenters. The summed E-state index contributed by atoms with van der Waals surface area (Å²) in [5, 5.41) is 8.97. The summed E-state index contributed by atoms with van der Waals surface area (Å²) in [6.45, 7) is 3.73. The number of H-pyrrole nitrogens is 1. The highest BCUT2D eigenvalue weighted by Crippen LogP contribution is 2.15. The van der Waals surface area contributed by atoms with E-state index in [1.807, 2.05) is 26.0 Å². The number of anilines is 2. The molecule has 17 heavy (non-hydrogen) atoms. The Morgan fingerprint density at radius 1 is 1.41 bits per heavy atom. The van der Waals surface area contributed by atoms with E-state index in [0.29, 0.717) is 11.4 Å². The molecule has 0 saturated carbocycles. The molecule has 2 aromatic heterocycles. The van der Waals surface area contributed by atoms with Crippen LogP contribution in [0.3, 0.4) is 0 Å². The number of nitrogen functional groups attached to an aromatic ring is 1. The lowest BCUT2D eigenvalue weighted by Crippen LogP contribution is -2.15. The van der Waals surface area contributed by atoms with Crippen molar-refractivity contribution in [1.29, 1.82) is 0 Å². The number of aryl methyl sites for hydroxylation is 2. The number of nitrogens with one attached hydrogen (secondary N) is 2. The standard InChI is InChI=1S/C11H13N5O/c1-6-3-4-9(7(2)14-6)15-11(17)10-8(12)5-13-16-10/h3-5H,12H2,1-2H3,(H,13,16)(H,15,17). The van der Waals surface area contributed by atoms with Gasteiger partial charge in [0.2, 0.25) is 0 Å². The minimum absolute atomic E-state index is 0.255. The third-order valence-electron chi connectivity index (χ3n) is 2.37. The van der Waals surface area contributed by atoms with Crippen molar-refractivity contribution in [3.05, 3.63) is 35.4 Å². The lowest BCUT2D eigenvalue weighted by Gasteiger charge is -2.07. The molecule has 2 heterocycles. The Labute approximate surface area is 98.3 Å². The molecule has 0 aliphatic rings. The fourth-order valence-electron chi connectivity index (χ4n) is 1.48. The zero-order chi connectivity index (χ0) is 12.4. The molecule has 0 spiro atoms. The van der Waals surface area contributed by atoms with E-state index in [9.17, 15) is 4.79 Å². The molecule has 1 amide bonds. The summed E-state index contributed by atoms with van der Waals surface area (Å²) in [7, 11) is 0. The second kappa shape index (κ2) is 4.25. The van der Waals surface area contributed by atoms with Gasteiger partial charge in [-0.3, -0.25) is 14.9 Å². The maximum Gasteiger partial charge on any atom is 0.275 e. The number of nitrogens with zero attached hydrogens (tertiary/aromatic N) is 2. The number of aromatic nitrogens is 3. The average Bonchev–Trinajstić information content (AvgIpc) is 2.68. The van der Waals surface area contributed by atoms with E-state index in [1.54, 1.807) is 0 Å². The molecule has 0 bridgehead atoms. The number of amides is 1. The molecule has 6 heteroatoms. The average molecular weight is 231 g/mol. The summed E-state index contributed by atoms with van der Waals surface area (Å²) >= 11 is 0. The number of nitrogens with two attached hydrogens (primary N) is 1. The highest BCUT2D eigenvalue weighted by atomic mass is 16.2. The maximum atomic E-state index is 11.8. The maximum absolute atomic E-state index is 11.8. The van der Waals surface area contributed by atoms with Gasteiger partial charge in [0.25, 0.3) is 5.91 Å². The lowest BCUT2D eigenvalue weighted by molar-refractivity contribution is 0.102. The van der Waals surface area contributed by atoms with E-state index in [1.165, 1.54) is 6.20 Å². The summed E-state index contributed by atoms with van der Waals surface area (Å²) in [6.07, 6.45) is 1.40. The van der Waals surface area contributed by atoms with Gasteiger partial charge in [0.15, 0.2) is 0 Å². The van der Waals surface area contributed by atoms with Crippen molar-refractivity contribution in [3.63, 3.8) is 0 Å². The summed E-state index contributed by atoms with van der Waals surface area (Å²) in [4.78, 5) is 16.1. The third-order valence-corrected chi connectivity index (χ3v) is 2.37. The van der Waals surface area contributed by atoms with Gasteiger partial charge in [0, 0.05) is 5.69 Å². The van der Waals surface area contributed by atoms with E-state index in [0.717, 1.165) is 11.4 Å². The van der Waals surface area contributed by atoms with E-state index < -0.39 is 0 Å². The summed E-state index contributed by atoms with van der Waals surface area (Å²) in [5.41, 5.74) is 8.49. The zero-order valence-corrected chi connectivity index (χ0v) is 9.61. The Balaban J connectivity index is 2.22. The van der Waals surface area contributed by atoms with Crippen molar-refractivity contribution in [2.75, 3.05) is 11.1 Å². The van der Waals surface area contributed by atoms with Crippen LogP contribution < -0.4 is 11.1 Å². The van der Waals surface area contributed by atoms with Crippen molar-refractivity contribution >= 4 is 17.3 Å². The molecule has 88 valence electrons. The highest BCUT2D eigenvalue weighted by molar-refractivity contribution is 6.06. The smallest absolute Gasteiger partial charge is 0.275 e. The minimum atomic E-state index is -0.325. The van der Waals surface area contributed by atoms with Crippen LogP contribution in [-0.2, 0) is 0 Å². The van der Waals surface area contributed by atoms with Crippen LogP contribution in [0.2, 0.25) is 0 Å². The molecule has 0 radical (unpaired) electrons. The molecule has 6 nitrogen and oxygen atoms in total. The number of pyridine rings is 1. The molecular formula is C11H13N5O. The van der Waals surface area contributed by atoms with Crippen LogP contribution in [0.5, 0.6) is 0 Å². The first-order chi connectivity index (χ1) is 8.08. The Morgan fingerprint density at radius 2 is 2.18 bits per heavy atom. The van der Waals surface area contributed by atoms with Crippen LogP contribution in [0.4, 0.5) is 11.4 Å². The van der Waals surface area contributed by atoms with E-state index in [2.05, 4.69) is 20.5 Å². The number of carbonyl (C=O) groups excluding carboxylic acids is 1. The van der Waals surface area contributed by atoms with Crippen molar-refractivity contribution < 1.29 is 4.79 Å². The lowest BCUT2D eigenvalue weighted by atomic mass is 10.2. The molecule has 0 saturated heterocycles. The number of carbonyl (C=O) groups is 1. The molecule has 0 atom stereocenters. The first-order valence-corrected chi connectivity index (χ1v) is 5.12. The Morgan fingerprint density at radius 3 is 2.76 bits per heavy atom. The van der Waals surface area contributed by atoms with Gasteiger partial charge in [0.1, 0.15) is 5.69 Å². The van der Waals surface area contributed by atoms with Crippen molar-refractivity contribution in [2.24, 2.45) is 0 Å². The van der Waals surface area contributed by atoms with Crippen LogP contribution in [0.15, 0.2) is 18.3 Å². The predicted molar refractivity (Wildman–Crippen MR) is 64.7 cm³/mol. The Bertz CT molecular complexity index is 561. The van der Waals surface area contributed by atoms with Crippen LogP contribution >= 0.6 is 0 Å². The third kappa shape index (κ3) is 2.25. The molecule has 0 fully saturated rings. The fourth-order valence-corrected chi connectivity index (χ4v) is 1.48. The minimum Gasteiger partial charge on any atom is -0.396 e. The van der Waals surface area contributed by atoms with Gasteiger partial charge in [0.05, 0.1) is 23.3 Å². The first-order valence-electron chi connectivity index (χ1n) is 5.12. The van der Waals surface area contributed by atoms with Gasteiger partial charge in [-0.2, -0.15) is 5.10 Å². The Hall–Kier alpha value is -2.37. The molecule has 2 rings (SSSR count). The molecule has 0 aromatic carbocycles. The second-order valence-electron chi connectivity index (χ2n) is 3.74. The van der Waals surface area contributed by atoms with Gasteiger partial charge >= 0.3 is 0 Å². The zero-order valence-electron chi connectivity index (χ0n) is 9.61. The first kappa shape index (κ1) is 11.1. The topological polar surface area (TPSA) is 96.7 Å². The van der Waals surface area contributed by atoms with Crippen molar-refractivity contribution in [2.45, 2.75) is 13.8 Å². The van der Waals surface area contributed by atoms with E-state index >= 15 is 0 Å². The van der Waals surface area contributed by atoms with Crippen molar-refractivity contribution in [3.8, 4) is 0 Å². The predicted octanol–water partition coefficient (Wildman–Crippen LogP) is 1.26. The van der Waals surface area contributed by atoms with Gasteiger partial charge in [-0.15, -0.1) is 0 Å². The SMILES string of the molecule is Cc1ccc(NC(=O)c2[nH]ncc2N)c(C)n1. The number of aromatic amines is 1. The normalized spacial score (nSPS) is 10.2. The van der Waals surface area contributed by atoms with Crippen LogP contribution in [0, 0.1) is 13.8 Å². The largest absolute Gasteiger partial charge is 0.396 e. The van der Waals surface area contributed by atoms with Crippen LogP contribution in [-0.4, -0.2) is 21.1 Å².